The van der Waals surface area contributed by atoms with Crippen LogP contribution in [-0.2, 0) is 14.4 Å². The zero-order chi connectivity index (χ0) is 27.8. The Hall–Kier alpha value is -4.03. The molecule has 2 atom stereocenters. The molecule has 12 heteroatoms. The van der Waals surface area contributed by atoms with Crippen molar-refractivity contribution >= 4 is 46.4 Å². The Morgan fingerprint density at radius 1 is 1.18 bits per heavy atom. The lowest BCUT2D eigenvalue weighted by molar-refractivity contribution is -0.134. The first-order valence-electron chi connectivity index (χ1n) is 11.8. The Morgan fingerprint density at radius 3 is 2.37 bits per heavy atom. The average molecular weight is 542 g/mol. The molecule has 2 aromatic rings. The molecular weight excluding hydrogens is 510 g/mol. The predicted octanol–water partition coefficient (Wildman–Crippen LogP) is 2.11. The maximum absolute atomic E-state index is 13.6. The number of rotatable bonds is 11. The molecule has 0 aliphatic carbocycles. The Morgan fingerprint density at radius 2 is 1.82 bits per heavy atom. The van der Waals surface area contributed by atoms with E-state index >= 15 is 0 Å². The monoisotopic (exact) mass is 541 g/mol. The van der Waals surface area contributed by atoms with E-state index in [0.29, 0.717) is 24.2 Å². The first-order valence-corrected chi connectivity index (χ1v) is 12.6. The zero-order valence-electron chi connectivity index (χ0n) is 21.3. The second-order valence-corrected chi connectivity index (χ2v) is 9.37. The molecular formula is C26H31N5O6S. The largest absolute Gasteiger partial charge is 0.502 e. The maximum atomic E-state index is 13.6. The van der Waals surface area contributed by atoms with Crippen LogP contribution in [0.1, 0.15) is 25.3 Å². The van der Waals surface area contributed by atoms with Crippen LogP contribution in [0.4, 0.5) is 5.69 Å². The third-order valence-electron chi connectivity index (χ3n) is 5.74. The lowest BCUT2D eigenvalue weighted by Gasteiger charge is -2.25. The van der Waals surface area contributed by atoms with Gasteiger partial charge in [0.1, 0.15) is 12.1 Å². The average Bonchev–Trinajstić information content (AvgIpc) is 3.20. The van der Waals surface area contributed by atoms with Crippen molar-refractivity contribution in [2.75, 3.05) is 20.8 Å². The summed E-state index contributed by atoms with van der Waals surface area (Å²) in [5, 5.41) is 13.1. The first kappa shape index (κ1) is 28.5. The number of nitrogens with zero attached hydrogens (tertiary/aromatic N) is 2. The molecule has 0 saturated carbocycles. The molecule has 0 bridgehead atoms. The van der Waals surface area contributed by atoms with Gasteiger partial charge >= 0.3 is 0 Å². The minimum atomic E-state index is -1.01. The van der Waals surface area contributed by atoms with Gasteiger partial charge in [-0.2, -0.15) is 0 Å². The van der Waals surface area contributed by atoms with Gasteiger partial charge in [0.05, 0.1) is 24.8 Å². The zero-order valence-corrected chi connectivity index (χ0v) is 22.2. The molecule has 3 amide bonds. The summed E-state index contributed by atoms with van der Waals surface area (Å²) in [6, 6.07) is 10.2. The second-order valence-electron chi connectivity index (χ2n) is 8.36. The predicted molar refractivity (Wildman–Crippen MR) is 146 cm³/mol. The SMILES string of the molecule is COc1cc(/C=C2\SC(=Nc3ccccc3)N([C@H](C)C(=O)N[C@@H](CCCN)C(N)=O)C2=O)cc(OC)c1O. The molecule has 2 aromatic carbocycles. The van der Waals surface area contributed by atoms with Crippen LogP contribution in [0, 0.1) is 0 Å². The lowest BCUT2D eigenvalue weighted by atomic mass is 10.1. The summed E-state index contributed by atoms with van der Waals surface area (Å²) in [5.41, 5.74) is 12.1. The summed E-state index contributed by atoms with van der Waals surface area (Å²) in [5.74, 6) is -1.53. The Balaban J connectivity index is 1.99. The summed E-state index contributed by atoms with van der Waals surface area (Å²) < 4.78 is 10.4. The normalized spacial score (nSPS) is 16.9. The van der Waals surface area contributed by atoms with Gasteiger partial charge in [0.2, 0.25) is 17.6 Å². The van der Waals surface area contributed by atoms with E-state index in [4.69, 9.17) is 20.9 Å². The van der Waals surface area contributed by atoms with E-state index in [-0.39, 0.29) is 33.7 Å². The van der Waals surface area contributed by atoms with Crippen LogP contribution in [-0.4, -0.2) is 65.7 Å². The number of aliphatic imine (C=N–C) groups is 1. The molecule has 1 saturated heterocycles. The summed E-state index contributed by atoms with van der Waals surface area (Å²) in [4.78, 5) is 44.7. The van der Waals surface area contributed by atoms with Crippen molar-refractivity contribution in [3.05, 3.63) is 52.9 Å². The summed E-state index contributed by atoms with van der Waals surface area (Å²) >= 11 is 1.09. The van der Waals surface area contributed by atoms with Crippen molar-refractivity contribution in [2.45, 2.75) is 31.8 Å². The number of nitrogens with two attached hydrogens (primary N) is 2. The number of phenols is 1. The molecule has 202 valence electrons. The smallest absolute Gasteiger partial charge is 0.267 e. The number of primary amides is 1. The van der Waals surface area contributed by atoms with E-state index in [1.165, 1.54) is 19.1 Å². The van der Waals surface area contributed by atoms with Crippen molar-refractivity contribution in [2.24, 2.45) is 16.5 Å². The highest BCUT2D eigenvalue weighted by Gasteiger charge is 2.40. The van der Waals surface area contributed by atoms with E-state index in [1.807, 2.05) is 18.2 Å². The van der Waals surface area contributed by atoms with Crippen molar-refractivity contribution in [3.8, 4) is 17.2 Å². The summed E-state index contributed by atoms with van der Waals surface area (Å²) in [6.07, 6.45) is 2.37. The number of amidine groups is 1. The molecule has 1 aliphatic rings. The minimum absolute atomic E-state index is 0.167. The van der Waals surface area contributed by atoms with E-state index in [1.54, 1.807) is 37.3 Å². The van der Waals surface area contributed by atoms with Crippen LogP contribution in [0.5, 0.6) is 17.2 Å². The van der Waals surface area contributed by atoms with E-state index in [2.05, 4.69) is 10.3 Å². The van der Waals surface area contributed by atoms with Crippen molar-refractivity contribution in [1.82, 2.24) is 10.2 Å². The fourth-order valence-corrected chi connectivity index (χ4v) is 4.75. The number of benzene rings is 2. The standard InChI is InChI=1S/C26H31N5O6S/c1-15(24(34)30-18(23(28)33)10-7-11-27)31-25(35)21(38-26(31)29-17-8-5-4-6-9-17)14-16-12-19(36-2)22(32)20(13-16)37-3/h4-6,8-9,12-15,18,32H,7,10-11,27H2,1-3H3,(H2,28,33)(H,30,34)/b21-14-,29-26?/t15-,18+/m1/s1. The quantitative estimate of drug-likeness (QED) is 0.314. The van der Waals surface area contributed by atoms with Gasteiger partial charge in [0, 0.05) is 0 Å². The second kappa shape index (κ2) is 13.0. The van der Waals surface area contributed by atoms with Crippen LogP contribution >= 0.6 is 11.8 Å². The molecule has 0 unspecified atom stereocenters. The molecule has 0 aromatic heterocycles. The highest BCUT2D eigenvalue weighted by atomic mass is 32.2. The van der Waals surface area contributed by atoms with Crippen molar-refractivity contribution in [3.63, 3.8) is 0 Å². The Kier molecular flexibility index (Phi) is 9.74. The third-order valence-corrected chi connectivity index (χ3v) is 6.72. The van der Waals surface area contributed by atoms with Crippen LogP contribution in [0.15, 0.2) is 52.4 Å². The van der Waals surface area contributed by atoms with Gasteiger partial charge in [-0.15, -0.1) is 0 Å². The maximum Gasteiger partial charge on any atom is 0.267 e. The molecule has 1 heterocycles. The van der Waals surface area contributed by atoms with Crippen molar-refractivity contribution in [1.29, 1.82) is 0 Å². The van der Waals surface area contributed by atoms with E-state index < -0.39 is 29.8 Å². The van der Waals surface area contributed by atoms with Crippen LogP contribution in [0.25, 0.3) is 6.08 Å². The molecule has 11 nitrogen and oxygen atoms in total. The van der Waals surface area contributed by atoms with Gasteiger partial charge in [-0.25, -0.2) is 4.99 Å². The number of hydrogen-bond donors (Lipinski definition) is 4. The molecule has 6 N–H and O–H groups in total. The number of hydrogen-bond acceptors (Lipinski definition) is 9. The van der Waals surface area contributed by atoms with Crippen LogP contribution < -0.4 is 26.3 Å². The van der Waals surface area contributed by atoms with Crippen LogP contribution in [0.2, 0.25) is 0 Å². The number of amides is 3. The number of aromatic hydroxyl groups is 1. The molecule has 3 rings (SSSR count). The number of carbonyl (C=O) groups excluding carboxylic acids is 3. The number of carbonyl (C=O) groups is 3. The molecule has 0 spiro atoms. The first-order chi connectivity index (χ1) is 18.2. The minimum Gasteiger partial charge on any atom is -0.502 e. The molecule has 38 heavy (non-hydrogen) atoms. The van der Waals surface area contributed by atoms with Gasteiger partial charge in [-0.3, -0.25) is 19.3 Å². The number of methoxy groups -OCH3 is 2. The number of phenolic OH excluding ortho intramolecular Hbond substituents is 1. The summed E-state index contributed by atoms with van der Waals surface area (Å²) in [6.45, 7) is 1.89. The number of nitrogens with one attached hydrogen (secondary N) is 1. The van der Waals surface area contributed by atoms with E-state index in [0.717, 1.165) is 11.8 Å². The fraction of sp³-hybridized carbons (Fsp3) is 0.308. The molecule has 0 radical (unpaired) electrons. The number of thioether (sulfide) groups is 1. The van der Waals surface area contributed by atoms with Gasteiger partial charge in [0.25, 0.3) is 5.91 Å². The highest BCUT2D eigenvalue weighted by molar-refractivity contribution is 8.18. The van der Waals surface area contributed by atoms with Gasteiger partial charge in [-0.1, -0.05) is 18.2 Å². The fourth-order valence-electron chi connectivity index (χ4n) is 3.68. The molecule has 1 aliphatic heterocycles. The number of para-hydroxylation sites is 1. The van der Waals surface area contributed by atoms with E-state index in [9.17, 15) is 19.5 Å². The topological polar surface area (TPSA) is 170 Å². The third kappa shape index (κ3) is 6.64. The Labute approximate surface area is 224 Å². The van der Waals surface area contributed by atoms with Crippen molar-refractivity contribution < 1.29 is 29.0 Å². The van der Waals surface area contributed by atoms with Gasteiger partial charge < -0.3 is 31.4 Å². The summed E-state index contributed by atoms with van der Waals surface area (Å²) in [7, 11) is 2.81. The van der Waals surface area contributed by atoms with Crippen LogP contribution in [0.3, 0.4) is 0 Å². The van der Waals surface area contributed by atoms with Gasteiger partial charge in [0.15, 0.2) is 16.7 Å². The molecule has 1 fully saturated rings. The van der Waals surface area contributed by atoms with Gasteiger partial charge in [-0.05, 0) is 74.0 Å². The lowest BCUT2D eigenvalue weighted by Crippen LogP contribution is -2.53. The highest BCUT2D eigenvalue weighted by Crippen LogP contribution is 2.40. The number of ether oxygens (including phenoxy) is 2. The Bertz CT molecular complexity index is 1220.